The van der Waals surface area contributed by atoms with Gasteiger partial charge in [0.1, 0.15) is 18.0 Å². The number of hydrogen-bond donors (Lipinski definition) is 0. The van der Waals surface area contributed by atoms with Crippen LogP contribution in [-0.2, 0) is 14.3 Å². The van der Waals surface area contributed by atoms with Crippen LogP contribution < -0.4 is 9.96 Å². The lowest BCUT2D eigenvalue weighted by Crippen LogP contribution is -2.35. The van der Waals surface area contributed by atoms with Gasteiger partial charge in [-0.3, -0.25) is 4.84 Å². The van der Waals surface area contributed by atoms with Crippen LogP contribution in [0.4, 0.5) is 5.69 Å². The van der Waals surface area contributed by atoms with Gasteiger partial charge in [-0.25, -0.2) is 0 Å². The molecule has 2 unspecified atom stereocenters. The first-order valence-corrected chi connectivity index (χ1v) is 8.88. The molecule has 1 aromatic rings. The van der Waals surface area contributed by atoms with Gasteiger partial charge in [-0.1, -0.05) is 26.2 Å². The summed E-state index contributed by atoms with van der Waals surface area (Å²) in [5.74, 6) is 0.770. The van der Waals surface area contributed by atoms with Crippen molar-refractivity contribution in [2.24, 2.45) is 0 Å². The second kappa shape index (κ2) is 8.67. The Morgan fingerprint density at radius 3 is 2.79 bits per heavy atom. The molecule has 1 aromatic carbocycles. The van der Waals surface area contributed by atoms with Crippen LogP contribution in [0, 0.1) is 5.21 Å². The van der Waals surface area contributed by atoms with Gasteiger partial charge in [0.15, 0.2) is 0 Å². The summed E-state index contributed by atoms with van der Waals surface area (Å²) >= 11 is 0. The highest BCUT2D eigenvalue weighted by Gasteiger charge is 2.43. The molecule has 0 saturated carbocycles. The second-order valence-corrected chi connectivity index (χ2v) is 6.30. The third-order valence-corrected chi connectivity index (χ3v) is 4.47. The van der Waals surface area contributed by atoms with Crippen molar-refractivity contribution in [2.75, 3.05) is 25.0 Å². The molecule has 0 bridgehead atoms. The van der Waals surface area contributed by atoms with Gasteiger partial charge in [0.25, 0.3) is 0 Å². The van der Waals surface area contributed by atoms with Crippen LogP contribution in [0.15, 0.2) is 24.3 Å². The summed E-state index contributed by atoms with van der Waals surface area (Å²) in [6.07, 6.45) is 5.14. The maximum Gasteiger partial charge on any atom is 0.136 e. The number of anilines is 1. The number of ether oxygens (including phenoxy) is 3. The lowest BCUT2D eigenvalue weighted by molar-refractivity contribution is -0.0326. The van der Waals surface area contributed by atoms with E-state index < -0.39 is 0 Å². The van der Waals surface area contributed by atoms with Gasteiger partial charge in [0.2, 0.25) is 0 Å². The molecule has 6 nitrogen and oxygen atoms in total. The van der Waals surface area contributed by atoms with Crippen molar-refractivity contribution in [3.05, 3.63) is 29.5 Å². The molecular weight excluding hydrogens is 310 g/mol. The summed E-state index contributed by atoms with van der Waals surface area (Å²) in [6.45, 7) is 3.95. The van der Waals surface area contributed by atoms with E-state index in [2.05, 4.69) is 6.92 Å². The van der Waals surface area contributed by atoms with Gasteiger partial charge in [-0.2, -0.15) is 0 Å². The Balaban J connectivity index is 1.44. The molecule has 3 rings (SSSR count). The fourth-order valence-electron chi connectivity index (χ4n) is 3.09. The molecule has 2 fully saturated rings. The summed E-state index contributed by atoms with van der Waals surface area (Å²) in [5.41, 5.74) is 0.440. The first-order chi connectivity index (χ1) is 11.8. The first kappa shape index (κ1) is 17.5. The number of hydrogen-bond acceptors (Lipinski definition) is 6. The standard InChI is InChI=1S/C18H26NO5/c1-2-3-4-5-11-21-15-8-6-14(7-9-15)19(20)24-17-13-23-16-10-12-22-18(16)17/h6-9,16-18H,2-5,10-13H2,1H3/q-1/t16?,17-,18?/m1/s1. The van der Waals surface area contributed by atoms with Crippen molar-refractivity contribution >= 4 is 5.69 Å². The Morgan fingerprint density at radius 1 is 1.17 bits per heavy atom. The summed E-state index contributed by atoms with van der Waals surface area (Å²) in [5, 5.41) is 12.7. The number of unbranched alkanes of at least 4 members (excludes halogenated alkanes) is 3. The van der Waals surface area contributed by atoms with Gasteiger partial charge >= 0.3 is 0 Å². The molecule has 0 aliphatic carbocycles. The van der Waals surface area contributed by atoms with Gasteiger partial charge in [-0.15, -0.1) is 0 Å². The summed E-state index contributed by atoms with van der Waals surface area (Å²) in [6, 6.07) is 7.00. The highest BCUT2D eigenvalue weighted by Crippen LogP contribution is 2.30. The van der Waals surface area contributed by atoms with Crippen molar-refractivity contribution < 1.29 is 19.0 Å². The molecule has 2 aliphatic rings. The molecule has 6 heteroatoms. The van der Waals surface area contributed by atoms with E-state index in [1.807, 2.05) is 0 Å². The number of benzene rings is 1. The minimum Gasteiger partial charge on any atom is -0.733 e. The Hall–Kier alpha value is -1.34. The van der Waals surface area contributed by atoms with E-state index in [4.69, 9.17) is 19.0 Å². The molecule has 0 amide bonds. The average Bonchev–Trinajstić information content (AvgIpc) is 3.20. The monoisotopic (exact) mass is 336 g/mol. The molecule has 24 heavy (non-hydrogen) atoms. The van der Waals surface area contributed by atoms with Crippen molar-refractivity contribution in [1.29, 1.82) is 0 Å². The summed E-state index contributed by atoms with van der Waals surface area (Å²) in [7, 11) is 0. The lowest BCUT2D eigenvalue weighted by Gasteiger charge is -2.33. The average molecular weight is 336 g/mol. The Labute approximate surface area is 143 Å². The zero-order valence-electron chi connectivity index (χ0n) is 14.2. The minimum atomic E-state index is -0.343. The fourth-order valence-corrected chi connectivity index (χ4v) is 3.09. The summed E-state index contributed by atoms with van der Waals surface area (Å²) < 4.78 is 16.8. The first-order valence-electron chi connectivity index (χ1n) is 8.88. The normalized spacial score (nSPS) is 25.7. The van der Waals surface area contributed by atoms with Crippen LogP contribution in [0.1, 0.15) is 39.0 Å². The summed E-state index contributed by atoms with van der Waals surface area (Å²) in [4.78, 5) is 5.46. The van der Waals surface area contributed by atoms with Crippen molar-refractivity contribution in [3.8, 4) is 5.75 Å². The van der Waals surface area contributed by atoms with Crippen LogP contribution in [-0.4, -0.2) is 38.1 Å². The number of nitrogens with zero attached hydrogens (tertiary/aromatic N) is 1. The minimum absolute atomic E-state index is 0.0619. The molecule has 2 aliphatic heterocycles. The topological polar surface area (TPSA) is 63.2 Å². The van der Waals surface area contributed by atoms with Gasteiger partial charge in [0.05, 0.1) is 25.0 Å². The molecule has 2 saturated heterocycles. The third kappa shape index (κ3) is 4.39. The van der Waals surface area contributed by atoms with E-state index in [1.165, 1.54) is 19.3 Å². The second-order valence-electron chi connectivity index (χ2n) is 6.30. The van der Waals surface area contributed by atoms with Crippen LogP contribution in [0.3, 0.4) is 0 Å². The highest BCUT2D eigenvalue weighted by atomic mass is 16.9. The molecule has 2 heterocycles. The number of fused-ring (bicyclic) bond motifs is 1. The third-order valence-electron chi connectivity index (χ3n) is 4.47. The molecule has 3 atom stereocenters. The van der Waals surface area contributed by atoms with Crippen LogP contribution in [0.25, 0.3) is 0 Å². The number of rotatable bonds is 9. The van der Waals surface area contributed by atoms with Gasteiger partial charge in [-0.05, 0) is 37.1 Å². The Kier molecular flexibility index (Phi) is 6.31. The molecule has 0 spiro atoms. The maximum atomic E-state index is 12.2. The van der Waals surface area contributed by atoms with E-state index in [0.717, 1.165) is 18.6 Å². The maximum absolute atomic E-state index is 12.2. The molecule has 0 radical (unpaired) electrons. The van der Waals surface area contributed by atoms with E-state index in [-0.39, 0.29) is 18.3 Å². The van der Waals surface area contributed by atoms with Crippen molar-refractivity contribution in [1.82, 2.24) is 0 Å². The van der Waals surface area contributed by atoms with Crippen LogP contribution in [0.5, 0.6) is 5.75 Å². The largest absolute Gasteiger partial charge is 0.733 e. The SMILES string of the molecule is CCCCCCOc1ccc(N([O-])O[C@@H]2COC3CCOC32)cc1. The van der Waals surface area contributed by atoms with Crippen LogP contribution in [0.2, 0.25) is 0 Å². The highest BCUT2D eigenvalue weighted by molar-refractivity contribution is 5.47. The van der Waals surface area contributed by atoms with E-state index in [9.17, 15) is 5.21 Å². The quantitative estimate of drug-likeness (QED) is 0.508. The van der Waals surface area contributed by atoms with Crippen molar-refractivity contribution in [3.63, 3.8) is 0 Å². The molecule has 134 valence electrons. The molecule has 0 N–H and O–H groups in total. The molecule has 0 aromatic heterocycles. The lowest BCUT2D eigenvalue weighted by atomic mass is 10.1. The van der Waals surface area contributed by atoms with Crippen molar-refractivity contribution in [2.45, 2.75) is 57.3 Å². The fraction of sp³-hybridized carbons (Fsp3) is 0.667. The predicted octanol–water partition coefficient (Wildman–Crippen LogP) is 3.44. The zero-order chi connectivity index (χ0) is 16.8. The zero-order valence-corrected chi connectivity index (χ0v) is 14.2. The smallest absolute Gasteiger partial charge is 0.136 e. The van der Waals surface area contributed by atoms with E-state index in [1.54, 1.807) is 24.3 Å². The van der Waals surface area contributed by atoms with Crippen LogP contribution >= 0.6 is 0 Å². The predicted molar refractivity (Wildman–Crippen MR) is 90.9 cm³/mol. The van der Waals surface area contributed by atoms with E-state index >= 15 is 0 Å². The Morgan fingerprint density at radius 2 is 2.00 bits per heavy atom. The van der Waals surface area contributed by atoms with Gasteiger partial charge in [0, 0.05) is 6.61 Å². The Bertz CT molecular complexity index is 495. The van der Waals surface area contributed by atoms with Gasteiger partial charge < -0.3 is 24.6 Å². The van der Waals surface area contributed by atoms with E-state index in [0.29, 0.717) is 30.7 Å². The molecular formula is C18H26NO5-.